The van der Waals surface area contributed by atoms with Crippen molar-refractivity contribution in [2.75, 3.05) is 38.8 Å². The Balaban J connectivity index is 2.39. The largest absolute Gasteiger partial charge is 0.469 e. The first-order chi connectivity index (χ1) is 9.35. The van der Waals surface area contributed by atoms with E-state index in [1.54, 1.807) is 0 Å². The number of ether oxygens (including phenoxy) is 1. The van der Waals surface area contributed by atoms with E-state index in [9.17, 15) is 13.2 Å². The van der Waals surface area contributed by atoms with Crippen molar-refractivity contribution in [3.05, 3.63) is 11.1 Å². The fourth-order valence-electron chi connectivity index (χ4n) is 1.30. The molecule has 1 aromatic heterocycles. The second-order valence-electron chi connectivity index (χ2n) is 4.25. The molecule has 0 saturated heterocycles. The summed E-state index contributed by atoms with van der Waals surface area (Å²) < 4.78 is 28.9. The minimum Gasteiger partial charge on any atom is -0.469 e. The SMILES string of the molecule is COC(=O)CCc1csc(NCCS(=O)(=O)N(C)C)n1. The fraction of sp³-hybridized carbons (Fsp3) is 0.636. The molecular formula is C11H19N3O4S2. The van der Waals surface area contributed by atoms with Gasteiger partial charge in [0, 0.05) is 32.4 Å². The molecule has 0 aliphatic heterocycles. The van der Waals surface area contributed by atoms with Crippen LogP contribution in [0.5, 0.6) is 0 Å². The molecule has 0 spiro atoms. The van der Waals surface area contributed by atoms with Crippen molar-refractivity contribution in [2.24, 2.45) is 0 Å². The first-order valence-corrected chi connectivity index (χ1v) is 8.49. The van der Waals surface area contributed by atoms with E-state index in [2.05, 4.69) is 15.0 Å². The predicted molar refractivity (Wildman–Crippen MR) is 78.4 cm³/mol. The van der Waals surface area contributed by atoms with Crippen LogP contribution >= 0.6 is 11.3 Å². The lowest BCUT2D eigenvalue weighted by Crippen LogP contribution is -2.28. The minimum absolute atomic E-state index is 0.0110. The van der Waals surface area contributed by atoms with Crippen LogP contribution in [-0.2, 0) is 26.0 Å². The molecule has 1 rings (SSSR count). The molecule has 7 nitrogen and oxygen atoms in total. The van der Waals surface area contributed by atoms with Crippen molar-refractivity contribution >= 4 is 32.5 Å². The Bertz CT molecular complexity index is 540. The highest BCUT2D eigenvalue weighted by Crippen LogP contribution is 2.16. The molecule has 0 fully saturated rings. The maximum atomic E-state index is 11.6. The molecular weight excluding hydrogens is 302 g/mol. The summed E-state index contributed by atoms with van der Waals surface area (Å²) in [6.45, 7) is 0.296. The summed E-state index contributed by atoms with van der Waals surface area (Å²) in [6.07, 6.45) is 0.801. The van der Waals surface area contributed by atoms with Crippen LogP contribution in [0.3, 0.4) is 0 Å². The second kappa shape index (κ2) is 7.55. The van der Waals surface area contributed by atoms with E-state index in [-0.39, 0.29) is 18.1 Å². The molecule has 0 unspecified atom stereocenters. The van der Waals surface area contributed by atoms with Crippen molar-refractivity contribution in [1.82, 2.24) is 9.29 Å². The zero-order valence-corrected chi connectivity index (χ0v) is 13.4. The van der Waals surface area contributed by atoms with Gasteiger partial charge in [0.05, 0.1) is 25.0 Å². The first kappa shape index (κ1) is 16.9. The maximum absolute atomic E-state index is 11.6. The van der Waals surface area contributed by atoms with Gasteiger partial charge in [0.1, 0.15) is 0 Å². The molecule has 0 aromatic carbocycles. The highest BCUT2D eigenvalue weighted by molar-refractivity contribution is 7.89. The van der Waals surface area contributed by atoms with Crippen LogP contribution < -0.4 is 5.32 Å². The van der Waals surface area contributed by atoms with Crippen molar-refractivity contribution in [1.29, 1.82) is 0 Å². The van der Waals surface area contributed by atoms with Gasteiger partial charge in [-0.1, -0.05) is 0 Å². The van der Waals surface area contributed by atoms with E-state index >= 15 is 0 Å². The molecule has 0 aliphatic carbocycles. The molecule has 0 atom stereocenters. The van der Waals surface area contributed by atoms with Gasteiger partial charge in [-0.2, -0.15) is 0 Å². The number of nitrogens with zero attached hydrogens (tertiary/aromatic N) is 2. The highest BCUT2D eigenvalue weighted by atomic mass is 32.2. The third kappa shape index (κ3) is 5.43. The number of thiazole rings is 1. The van der Waals surface area contributed by atoms with Gasteiger partial charge in [0.15, 0.2) is 5.13 Å². The molecule has 0 aliphatic rings. The number of nitrogens with one attached hydrogen (secondary N) is 1. The molecule has 0 amide bonds. The van der Waals surface area contributed by atoms with Crippen LogP contribution in [0.4, 0.5) is 5.13 Å². The monoisotopic (exact) mass is 321 g/mol. The number of aryl methyl sites for hydroxylation is 1. The lowest BCUT2D eigenvalue weighted by Gasteiger charge is -2.10. The summed E-state index contributed by atoms with van der Waals surface area (Å²) in [5, 5.41) is 5.45. The van der Waals surface area contributed by atoms with Gasteiger partial charge in [-0.15, -0.1) is 11.3 Å². The fourth-order valence-corrected chi connectivity index (χ4v) is 2.80. The quantitative estimate of drug-likeness (QED) is 0.704. The van der Waals surface area contributed by atoms with Crippen LogP contribution in [0, 0.1) is 0 Å². The Kier molecular flexibility index (Phi) is 6.37. The van der Waals surface area contributed by atoms with Gasteiger partial charge in [-0.05, 0) is 0 Å². The molecule has 9 heteroatoms. The van der Waals surface area contributed by atoms with Crippen molar-refractivity contribution < 1.29 is 17.9 Å². The standard InChI is InChI=1S/C11H19N3O4S2/c1-14(2)20(16,17)7-6-12-11-13-9(8-19-11)4-5-10(15)18-3/h8H,4-7H2,1-3H3,(H,12,13). The smallest absolute Gasteiger partial charge is 0.305 e. The normalized spacial score (nSPS) is 11.6. The van der Waals surface area contributed by atoms with Crippen molar-refractivity contribution in [2.45, 2.75) is 12.8 Å². The Morgan fingerprint density at radius 3 is 2.80 bits per heavy atom. The molecule has 0 bridgehead atoms. The van der Waals surface area contributed by atoms with Crippen LogP contribution in [0.2, 0.25) is 0 Å². The number of sulfonamides is 1. The Labute approximate surface area is 123 Å². The molecule has 0 saturated carbocycles. The zero-order chi connectivity index (χ0) is 15.2. The van der Waals surface area contributed by atoms with Crippen molar-refractivity contribution in [3.8, 4) is 0 Å². The number of carbonyl (C=O) groups excluding carboxylic acids is 1. The van der Waals surface area contributed by atoms with Crippen LogP contribution in [-0.4, -0.2) is 57.2 Å². The maximum Gasteiger partial charge on any atom is 0.305 e. The van der Waals surface area contributed by atoms with E-state index in [0.717, 1.165) is 5.69 Å². The average molecular weight is 321 g/mol. The third-order valence-electron chi connectivity index (χ3n) is 2.56. The van der Waals surface area contributed by atoms with Gasteiger partial charge in [0.2, 0.25) is 10.0 Å². The summed E-state index contributed by atoms with van der Waals surface area (Å²) in [6, 6.07) is 0. The van der Waals surface area contributed by atoms with E-state index < -0.39 is 10.0 Å². The first-order valence-electron chi connectivity index (χ1n) is 6.00. The molecule has 20 heavy (non-hydrogen) atoms. The number of esters is 1. The average Bonchev–Trinajstić information content (AvgIpc) is 2.83. The topological polar surface area (TPSA) is 88.6 Å². The molecule has 114 valence electrons. The highest BCUT2D eigenvalue weighted by Gasteiger charge is 2.13. The van der Waals surface area contributed by atoms with Gasteiger partial charge in [-0.3, -0.25) is 4.79 Å². The van der Waals surface area contributed by atoms with E-state index in [4.69, 9.17) is 0 Å². The van der Waals surface area contributed by atoms with Crippen molar-refractivity contribution in [3.63, 3.8) is 0 Å². The number of anilines is 1. The van der Waals surface area contributed by atoms with Crippen LogP contribution in [0.15, 0.2) is 5.38 Å². The predicted octanol–water partition coefficient (Wildman–Crippen LogP) is 0.552. The number of rotatable bonds is 8. The van der Waals surface area contributed by atoms with Gasteiger partial charge < -0.3 is 10.1 Å². The summed E-state index contributed by atoms with van der Waals surface area (Å²) in [4.78, 5) is 15.3. The van der Waals surface area contributed by atoms with E-state index in [1.165, 1.54) is 36.8 Å². The van der Waals surface area contributed by atoms with Crippen LogP contribution in [0.25, 0.3) is 0 Å². The Morgan fingerprint density at radius 1 is 1.50 bits per heavy atom. The number of carbonyl (C=O) groups is 1. The zero-order valence-electron chi connectivity index (χ0n) is 11.7. The number of aromatic nitrogens is 1. The third-order valence-corrected chi connectivity index (χ3v) is 5.24. The summed E-state index contributed by atoms with van der Waals surface area (Å²) >= 11 is 1.39. The van der Waals surface area contributed by atoms with Gasteiger partial charge >= 0.3 is 5.97 Å². The molecule has 1 aromatic rings. The van der Waals surface area contributed by atoms with E-state index in [1.807, 2.05) is 5.38 Å². The summed E-state index contributed by atoms with van der Waals surface area (Å²) in [7, 11) is 1.16. The molecule has 0 radical (unpaired) electrons. The number of hydrogen-bond acceptors (Lipinski definition) is 7. The lowest BCUT2D eigenvalue weighted by molar-refractivity contribution is -0.140. The Hall–Kier alpha value is -1.19. The van der Waals surface area contributed by atoms with Gasteiger partial charge in [-0.25, -0.2) is 17.7 Å². The van der Waals surface area contributed by atoms with Gasteiger partial charge in [0.25, 0.3) is 0 Å². The second-order valence-corrected chi connectivity index (χ2v) is 7.41. The minimum atomic E-state index is -3.20. The molecule has 1 N–H and O–H groups in total. The molecule has 1 heterocycles. The summed E-state index contributed by atoms with van der Waals surface area (Å²) in [5.74, 6) is -0.263. The lowest BCUT2D eigenvalue weighted by atomic mass is 10.2. The number of hydrogen-bond donors (Lipinski definition) is 1. The number of methoxy groups -OCH3 is 1. The Morgan fingerprint density at radius 2 is 2.20 bits per heavy atom. The summed E-state index contributed by atoms with van der Waals surface area (Å²) in [5.41, 5.74) is 0.790. The van der Waals surface area contributed by atoms with Crippen LogP contribution in [0.1, 0.15) is 12.1 Å². The van der Waals surface area contributed by atoms with E-state index in [0.29, 0.717) is 18.1 Å².